The Balaban J connectivity index is 1.66. The van der Waals surface area contributed by atoms with Crippen molar-refractivity contribution in [3.05, 3.63) is 58.8 Å². The maximum atomic E-state index is 12.2. The molecule has 0 spiro atoms. The number of ketones is 1. The van der Waals surface area contributed by atoms with E-state index in [0.29, 0.717) is 12.2 Å². The van der Waals surface area contributed by atoms with Crippen molar-refractivity contribution in [2.45, 2.75) is 25.0 Å². The van der Waals surface area contributed by atoms with E-state index in [0.717, 1.165) is 33.1 Å². The first-order valence-corrected chi connectivity index (χ1v) is 9.67. The Bertz CT molecular complexity index is 849. The average molecular weight is 417 g/mol. The van der Waals surface area contributed by atoms with E-state index in [9.17, 15) is 4.79 Å². The van der Waals surface area contributed by atoms with E-state index in [1.54, 1.807) is 12.4 Å². The van der Waals surface area contributed by atoms with Gasteiger partial charge in [-0.2, -0.15) is 0 Å². The van der Waals surface area contributed by atoms with E-state index < -0.39 is 0 Å². The molecule has 0 unspecified atom stereocenters. The monoisotopic (exact) mass is 416 g/mol. The average Bonchev–Trinajstić information content (AvgIpc) is 3.05. The normalized spacial score (nSPS) is 10.8. The summed E-state index contributed by atoms with van der Waals surface area (Å²) in [5.74, 6) is 1.32. The van der Waals surface area contributed by atoms with Crippen molar-refractivity contribution >= 4 is 33.5 Å². The lowest BCUT2D eigenvalue weighted by Gasteiger charge is -2.07. The minimum Gasteiger partial charge on any atom is -0.302 e. The fourth-order valence-corrected chi connectivity index (χ4v) is 3.54. The van der Waals surface area contributed by atoms with Crippen LogP contribution in [0.5, 0.6) is 0 Å². The number of thioether (sulfide) groups is 1. The molecule has 0 aliphatic rings. The lowest BCUT2D eigenvalue weighted by Crippen LogP contribution is -2.07. The highest BCUT2D eigenvalue weighted by Crippen LogP contribution is 2.23. The van der Waals surface area contributed by atoms with Crippen molar-refractivity contribution in [1.29, 1.82) is 0 Å². The lowest BCUT2D eigenvalue weighted by molar-refractivity contribution is -0.116. The predicted octanol–water partition coefficient (Wildman–Crippen LogP) is 4.03. The molecule has 0 amide bonds. The van der Waals surface area contributed by atoms with Crippen LogP contribution in [0.4, 0.5) is 0 Å². The van der Waals surface area contributed by atoms with E-state index in [1.807, 2.05) is 47.9 Å². The second-order valence-electron chi connectivity index (χ2n) is 5.42. The molecule has 25 heavy (non-hydrogen) atoms. The molecule has 0 radical (unpaired) electrons. The third-order valence-corrected chi connectivity index (χ3v) is 5.18. The molecule has 0 atom stereocenters. The van der Waals surface area contributed by atoms with Gasteiger partial charge in [-0.3, -0.25) is 9.78 Å². The molecule has 3 rings (SSSR count). The summed E-state index contributed by atoms with van der Waals surface area (Å²) in [4.78, 5) is 16.4. The number of halogens is 1. The van der Waals surface area contributed by atoms with E-state index in [4.69, 9.17) is 0 Å². The Hall–Kier alpha value is -1.99. The Kier molecular flexibility index (Phi) is 5.99. The largest absolute Gasteiger partial charge is 0.302 e. The van der Waals surface area contributed by atoms with Gasteiger partial charge in [0.1, 0.15) is 5.78 Å². The van der Waals surface area contributed by atoms with Gasteiger partial charge in [0.05, 0.1) is 5.75 Å². The maximum Gasteiger partial charge on any atom is 0.191 e. The number of Topliss-reactive ketones (excluding diaryl/α,β-unsaturated/α-hetero) is 1. The first-order chi connectivity index (χ1) is 12.2. The summed E-state index contributed by atoms with van der Waals surface area (Å²) in [5, 5.41) is 9.26. The van der Waals surface area contributed by atoms with Gasteiger partial charge in [0.15, 0.2) is 11.0 Å². The van der Waals surface area contributed by atoms with Gasteiger partial charge in [-0.15, -0.1) is 10.2 Å². The summed E-state index contributed by atoms with van der Waals surface area (Å²) in [7, 11) is 0. The Morgan fingerprint density at radius 1 is 1.20 bits per heavy atom. The van der Waals surface area contributed by atoms with E-state index in [1.165, 1.54) is 11.8 Å². The SMILES string of the molecule is CCn1c(SCC(=O)Cc2ccc(Br)cc2)nnc1-c1cccnc1. The molecule has 0 bridgehead atoms. The van der Waals surface area contributed by atoms with Gasteiger partial charge in [-0.1, -0.05) is 39.8 Å². The molecule has 0 fully saturated rings. The fraction of sp³-hybridized carbons (Fsp3) is 0.222. The Morgan fingerprint density at radius 2 is 2.00 bits per heavy atom. The smallest absolute Gasteiger partial charge is 0.191 e. The summed E-state index contributed by atoms with van der Waals surface area (Å²) in [6.07, 6.45) is 3.92. The molecule has 2 heterocycles. The van der Waals surface area contributed by atoms with Crippen LogP contribution in [0.25, 0.3) is 11.4 Å². The molecule has 0 N–H and O–H groups in total. The molecular weight excluding hydrogens is 400 g/mol. The zero-order chi connectivity index (χ0) is 17.6. The van der Waals surface area contributed by atoms with Crippen molar-refractivity contribution in [2.75, 3.05) is 5.75 Å². The third kappa shape index (κ3) is 4.55. The number of hydrogen-bond donors (Lipinski definition) is 0. The van der Waals surface area contributed by atoms with E-state index in [-0.39, 0.29) is 5.78 Å². The van der Waals surface area contributed by atoms with Gasteiger partial charge in [0, 0.05) is 35.4 Å². The van der Waals surface area contributed by atoms with Crippen LogP contribution in [0.2, 0.25) is 0 Å². The summed E-state index contributed by atoms with van der Waals surface area (Å²) in [6.45, 7) is 2.78. The second kappa shape index (κ2) is 8.40. The predicted molar refractivity (Wildman–Crippen MR) is 103 cm³/mol. The molecule has 2 aromatic heterocycles. The van der Waals surface area contributed by atoms with Crippen LogP contribution in [0.15, 0.2) is 58.4 Å². The number of nitrogens with zero attached hydrogens (tertiary/aromatic N) is 4. The van der Waals surface area contributed by atoms with Gasteiger partial charge < -0.3 is 4.57 Å². The lowest BCUT2D eigenvalue weighted by atomic mass is 10.1. The van der Waals surface area contributed by atoms with E-state index in [2.05, 4.69) is 31.1 Å². The minimum absolute atomic E-state index is 0.168. The van der Waals surface area contributed by atoms with Crippen LogP contribution >= 0.6 is 27.7 Å². The highest BCUT2D eigenvalue weighted by Gasteiger charge is 2.14. The van der Waals surface area contributed by atoms with Gasteiger partial charge in [0.2, 0.25) is 0 Å². The molecule has 3 aromatic rings. The van der Waals surface area contributed by atoms with Gasteiger partial charge in [-0.05, 0) is 36.8 Å². The molecule has 1 aromatic carbocycles. The number of carbonyl (C=O) groups excluding carboxylic acids is 1. The fourth-order valence-electron chi connectivity index (χ4n) is 2.42. The zero-order valence-electron chi connectivity index (χ0n) is 13.7. The molecule has 0 saturated carbocycles. The van der Waals surface area contributed by atoms with Gasteiger partial charge >= 0.3 is 0 Å². The Morgan fingerprint density at radius 3 is 2.68 bits per heavy atom. The molecule has 0 aliphatic carbocycles. The van der Waals surface area contributed by atoms with Crippen molar-refractivity contribution in [2.24, 2.45) is 0 Å². The quantitative estimate of drug-likeness (QED) is 0.544. The maximum absolute atomic E-state index is 12.2. The van der Waals surface area contributed by atoms with Crippen LogP contribution in [0, 0.1) is 0 Å². The van der Waals surface area contributed by atoms with Crippen LogP contribution < -0.4 is 0 Å². The van der Waals surface area contributed by atoms with Gasteiger partial charge in [0.25, 0.3) is 0 Å². The first kappa shape index (κ1) is 17.8. The third-order valence-electron chi connectivity index (χ3n) is 3.63. The topological polar surface area (TPSA) is 60.7 Å². The molecule has 5 nitrogen and oxygen atoms in total. The standard InChI is InChI=1S/C18H17BrN4OS/c1-2-23-17(14-4-3-9-20-11-14)21-22-18(23)25-12-16(24)10-13-5-7-15(19)8-6-13/h3-9,11H,2,10,12H2,1H3. The Labute approximate surface area is 159 Å². The van der Waals surface area contributed by atoms with Crippen LogP contribution in [-0.2, 0) is 17.8 Å². The van der Waals surface area contributed by atoms with E-state index >= 15 is 0 Å². The number of aromatic nitrogens is 4. The molecule has 7 heteroatoms. The van der Waals surface area contributed by atoms with Gasteiger partial charge in [-0.25, -0.2) is 0 Å². The molecular formula is C18H17BrN4OS. The first-order valence-electron chi connectivity index (χ1n) is 7.90. The summed E-state index contributed by atoms with van der Waals surface area (Å²) in [6, 6.07) is 11.6. The highest BCUT2D eigenvalue weighted by molar-refractivity contribution is 9.10. The van der Waals surface area contributed by atoms with Crippen LogP contribution in [0.1, 0.15) is 12.5 Å². The number of carbonyl (C=O) groups is 1. The number of rotatable bonds is 7. The summed E-state index contributed by atoms with van der Waals surface area (Å²) < 4.78 is 3.02. The number of pyridine rings is 1. The number of benzene rings is 1. The zero-order valence-corrected chi connectivity index (χ0v) is 16.1. The molecule has 128 valence electrons. The molecule has 0 saturated heterocycles. The van der Waals surface area contributed by atoms with Crippen molar-refractivity contribution in [3.8, 4) is 11.4 Å². The van der Waals surface area contributed by atoms with Crippen LogP contribution in [-0.4, -0.2) is 31.3 Å². The summed E-state index contributed by atoms with van der Waals surface area (Å²) >= 11 is 4.83. The van der Waals surface area contributed by atoms with Crippen LogP contribution in [0.3, 0.4) is 0 Å². The number of hydrogen-bond acceptors (Lipinski definition) is 5. The minimum atomic E-state index is 0.168. The van der Waals surface area contributed by atoms with Crippen molar-refractivity contribution in [1.82, 2.24) is 19.7 Å². The van der Waals surface area contributed by atoms with Crippen molar-refractivity contribution < 1.29 is 4.79 Å². The molecule has 0 aliphatic heterocycles. The second-order valence-corrected chi connectivity index (χ2v) is 7.28. The summed E-state index contributed by atoms with van der Waals surface area (Å²) in [5.41, 5.74) is 1.94. The van der Waals surface area contributed by atoms with Crippen molar-refractivity contribution in [3.63, 3.8) is 0 Å². The highest BCUT2D eigenvalue weighted by atomic mass is 79.9.